The Balaban J connectivity index is 1.35. The number of benzene rings is 2. The molecule has 7 heteroatoms. The van der Waals surface area contributed by atoms with Crippen molar-refractivity contribution in [3.8, 4) is 17.2 Å². The maximum atomic E-state index is 12.2. The number of carbonyl (C=O) groups excluding carboxylic acids is 1. The van der Waals surface area contributed by atoms with Gasteiger partial charge in [-0.2, -0.15) is 0 Å². The topological polar surface area (TPSA) is 69.7 Å². The van der Waals surface area contributed by atoms with E-state index in [2.05, 4.69) is 10.3 Å². The summed E-state index contributed by atoms with van der Waals surface area (Å²) in [4.78, 5) is 16.6. The second-order valence-corrected chi connectivity index (χ2v) is 7.46. The van der Waals surface area contributed by atoms with Crippen molar-refractivity contribution >= 4 is 29.0 Å². The van der Waals surface area contributed by atoms with Gasteiger partial charge in [0.15, 0.2) is 11.5 Å². The van der Waals surface area contributed by atoms with Crippen LogP contribution in [-0.2, 0) is 11.4 Å². The molecular weight excluding hydrogens is 388 g/mol. The fourth-order valence-corrected chi connectivity index (χ4v) is 3.41. The molecule has 2 aromatic carbocycles. The van der Waals surface area contributed by atoms with Crippen LogP contribution in [0, 0.1) is 6.92 Å². The van der Waals surface area contributed by atoms with E-state index in [9.17, 15) is 4.79 Å². The van der Waals surface area contributed by atoms with Gasteiger partial charge in [-0.25, -0.2) is 4.98 Å². The van der Waals surface area contributed by atoms with E-state index in [0.717, 1.165) is 22.0 Å². The van der Waals surface area contributed by atoms with Crippen LogP contribution in [0.1, 0.15) is 16.3 Å². The minimum Gasteiger partial charge on any atom is -0.487 e. The van der Waals surface area contributed by atoms with E-state index >= 15 is 0 Å². The molecule has 1 amide bonds. The molecule has 1 aliphatic heterocycles. The number of hydrogen-bond donors (Lipinski definition) is 1. The molecule has 148 valence electrons. The summed E-state index contributed by atoms with van der Waals surface area (Å²) in [6.07, 6.45) is 3.23. The van der Waals surface area contributed by atoms with Crippen LogP contribution in [0.15, 0.2) is 53.9 Å². The summed E-state index contributed by atoms with van der Waals surface area (Å²) < 4.78 is 16.8. The summed E-state index contributed by atoms with van der Waals surface area (Å²) in [5, 5.41) is 5.83. The third-order valence-electron chi connectivity index (χ3n) is 4.15. The van der Waals surface area contributed by atoms with Crippen molar-refractivity contribution in [2.45, 2.75) is 13.5 Å². The smallest absolute Gasteiger partial charge is 0.248 e. The van der Waals surface area contributed by atoms with Gasteiger partial charge in [0.05, 0.1) is 10.7 Å². The minimum atomic E-state index is -0.231. The first-order valence-electron chi connectivity index (χ1n) is 9.18. The molecule has 4 rings (SSSR count). The number of nitrogens with one attached hydrogen (secondary N) is 1. The predicted octanol–water partition coefficient (Wildman–Crippen LogP) is 4.45. The molecule has 1 aromatic heterocycles. The molecule has 0 fully saturated rings. The van der Waals surface area contributed by atoms with Gasteiger partial charge in [0.1, 0.15) is 25.6 Å². The number of thiazole rings is 1. The number of hydrogen-bond acceptors (Lipinski definition) is 6. The van der Waals surface area contributed by atoms with Crippen molar-refractivity contribution in [3.63, 3.8) is 0 Å². The normalized spacial score (nSPS) is 12.7. The Morgan fingerprint density at radius 2 is 2.07 bits per heavy atom. The van der Waals surface area contributed by atoms with Crippen LogP contribution >= 0.6 is 11.3 Å². The van der Waals surface area contributed by atoms with E-state index in [4.69, 9.17) is 14.2 Å². The maximum absolute atomic E-state index is 12.2. The third kappa shape index (κ3) is 5.14. The fraction of sp³-hybridized carbons (Fsp3) is 0.182. The van der Waals surface area contributed by atoms with Crippen LogP contribution in [0.3, 0.4) is 0 Å². The summed E-state index contributed by atoms with van der Waals surface area (Å²) in [6.45, 7) is 3.43. The van der Waals surface area contributed by atoms with Crippen LogP contribution in [0.5, 0.6) is 17.2 Å². The highest BCUT2D eigenvalue weighted by atomic mass is 32.1. The van der Waals surface area contributed by atoms with Crippen molar-refractivity contribution in [1.29, 1.82) is 0 Å². The zero-order valence-electron chi connectivity index (χ0n) is 15.9. The van der Waals surface area contributed by atoms with E-state index in [1.165, 1.54) is 6.08 Å². The Hall–Kier alpha value is -3.32. The zero-order chi connectivity index (χ0) is 20.1. The fourth-order valence-electron chi connectivity index (χ4n) is 2.82. The van der Waals surface area contributed by atoms with Crippen LogP contribution in [0.4, 0.5) is 5.69 Å². The molecule has 6 nitrogen and oxygen atoms in total. The average molecular weight is 408 g/mol. The lowest BCUT2D eigenvalue weighted by Gasteiger charge is -2.18. The number of aromatic nitrogens is 1. The number of fused-ring (bicyclic) bond motifs is 1. The highest BCUT2D eigenvalue weighted by Gasteiger charge is 2.12. The number of ether oxygens (including phenoxy) is 3. The monoisotopic (exact) mass is 408 g/mol. The number of rotatable bonds is 6. The van der Waals surface area contributed by atoms with Gasteiger partial charge < -0.3 is 19.5 Å². The number of anilines is 1. The average Bonchev–Trinajstić information content (AvgIpc) is 3.16. The van der Waals surface area contributed by atoms with Crippen molar-refractivity contribution in [2.24, 2.45) is 0 Å². The summed E-state index contributed by atoms with van der Waals surface area (Å²) in [7, 11) is 0. The number of nitrogens with zero attached hydrogens (tertiary/aromatic N) is 1. The van der Waals surface area contributed by atoms with Gasteiger partial charge in [-0.3, -0.25) is 4.79 Å². The quantitative estimate of drug-likeness (QED) is 0.610. The van der Waals surface area contributed by atoms with E-state index in [0.29, 0.717) is 37.0 Å². The van der Waals surface area contributed by atoms with E-state index < -0.39 is 0 Å². The van der Waals surface area contributed by atoms with Gasteiger partial charge in [0.25, 0.3) is 0 Å². The lowest BCUT2D eigenvalue weighted by atomic mass is 10.2. The van der Waals surface area contributed by atoms with E-state index in [1.807, 2.05) is 36.6 Å². The summed E-state index contributed by atoms with van der Waals surface area (Å²) in [6, 6.07) is 12.9. The molecule has 0 unspecified atom stereocenters. The molecule has 3 aromatic rings. The minimum absolute atomic E-state index is 0.231. The van der Waals surface area contributed by atoms with Crippen molar-refractivity contribution in [2.75, 3.05) is 18.5 Å². The number of carbonyl (C=O) groups is 1. The van der Waals surface area contributed by atoms with Crippen molar-refractivity contribution in [3.05, 3.63) is 70.2 Å². The lowest BCUT2D eigenvalue weighted by molar-refractivity contribution is -0.111. The molecule has 0 saturated heterocycles. The highest BCUT2D eigenvalue weighted by molar-refractivity contribution is 7.09. The summed E-state index contributed by atoms with van der Waals surface area (Å²) in [5.41, 5.74) is 2.43. The van der Waals surface area contributed by atoms with Crippen LogP contribution < -0.4 is 19.5 Å². The Morgan fingerprint density at radius 1 is 1.21 bits per heavy atom. The molecule has 0 spiro atoms. The molecule has 29 heavy (non-hydrogen) atoms. The van der Waals surface area contributed by atoms with Crippen LogP contribution in [-0.4, -0.2) is 24.1 Å². The highest BCUT2D eigenvalue weighted by Crippen LogP contribution is 2.32. The third-order valence-corrected chi connectivity index (χ3v) is 4.97. The van der Waals surface area contributed by atoms with E-state index in [-0.39, 0.29) is 5.91 Å². The molecule has 0 bridgehead atoms. The molecule has 0 atom stereocenters. The zero-order valence-corrected chi connectivity index (χ0v) is 16.7. The second kappa shape index (κ2) is 8.79. The van der Waals surface area contributed by atoms with E-state index in [1.54, 1.807) is 35.6 Å². The lowest BCUT2D eigenvalue weighted by Crippen LogP contribution is -2.16. The molecule has 0 radical (unpaired) electrons. The Labute approximate surface area is 172 Å². The molecule has 1 N–H and O–H groups in total. The predicted molar refractivity (Wildman–Crippen MR) is 113 cm³/mol. The standard InChI is InChI=1S/C22H20N2O4S/c1-15-23-18(14-29-15)13-28-19-4-2-3-16(11-19)5-8-22(25)24-17-6-7-20-21(12-17)27-10-9-26-20/h2-8,11-12,14H,9-10,13H2,1H3,(H,24,25)/b8-5+. The summed E-state index contributed by atoms with van der Waals surface area (Å²) >= 11 is 1.60. The molecular formula is C22H20N2O4S. The largest absolute Gasteiger partial charge is 0.487 e. The first-order chi connectivity index (χ1) is 14.2. The molecule has 2 heterocycles. The Morgan fingerprint density at radius 3 is 2.90 bits per heavy atom. The van der Waals surface area contributed by atoms with Gasteiger partial charge in [-0.05, 0) is 42.8 Å². The SMILES string of the molecule is Cc1nc(COc2cccc(/C=C/C(=O)Nc3ccc4c(c3)OCCO4)c2)cs1. The van der Waals surface area contributed by atoms with Gasteiger partial charge in [0.2, 0.25) is 5.91 Å². The molecule has 1 aliphatic rings. The van der Waals surface area contributed by atoms with Crippen LogP contribution in [0.25, 0.3) is 6.08 Å². The van der Waals surface area contributed by atoms with Gasteiger partial charge >= 0.3 is 0 Å². The van der Waals surface area contributed by atoms with Crippen molar-refractivity contribution < 1.29 is 19.0 Å². The Bertz CT molecular complexity index is 1040. The van der Waals surface area contributed by atoms with Gasteiger partial charge in [-0.15, -0.1) is 11.3 Å². The first-order valence-corrected chi connectivity index (χ1v) is 10.1. The molecule has 0 aliphatic carbocycles. The summed E-state index contributed by atoms with van der Waals surface area (Å²) in [5.74, 6) is 1.82. The van der Waals surface area contributed by atoms with Crippen molar-refractivity contribution in [1.82, 2.24) is 4.98 Å². The van der Waals surface area contributed by atoms with Crippen LogP contribution in [0.2, 0.25) is 0 Å². The number of aryl methyl sites for hydroxylation is 1. The maximum Gasteiger partial charge on any atom is 0.248 e. The van der Waals surface area contributed by atoms with Gasteiger partial charge in [-0.1, -0.05) is 12.1 Å². The van der Waals surface area contributed by atoms with Gasteiger partial charge in [0, 0.05) is 23.2 Å². The first kappa shape index (κ1) is 19.0. The molecule has 0 saturated carbocycles. The second-order valence-electron chi connectivity index (χ2n) is 6.40. The Kier molecular flexibility index (Phi) is 5.76. The number of amides is 1.